The number of nitrogen functional groups attached to an aromatic ring is 1. The average Bonchev–Trinajstić information content (AvgIpc) is 2.32. The molecule has 0 amide bonds. The summed E-state index contributed by atoms with van der Waals surface area (Å²) in [4.78, 5) is 8.30. The van der Waals surface area contributed by atoms with Crippen molar-refractivity contribution in [3.8, 4) is 0 Å². The lowest BCUT2D eigenvalue weighted by Gasteiger charge is -2.10. The lowest BCUT2D eigenvalue weighted by atomic mass is 10.2. The zero-order chi connectivity index (χ0) is 13.8. The predicted octanol–water partition coefficient (Wildman–Crippen LogP) is 2.40. The van der Waals surface area contributed by atoms with Crippen LogP contribution in [-0.2, 0) is 11.3 Å². The van der Waals surface area contributed by atoms with Gasteiger partial charge in [0, 0.05) is 18.9 Å². The number of nitrogens with one attached hydrogen (secondary N) is 1. The molecule has 0 aliphatic rings. The van der Waals surface area contributed by atoms with Gasteiger partial charge in [0.05, 0.1) is 0 Å². The summed E-state index contributed by atoms with van der Waals surface area (Å²) in [6.07, 6.45) is 0. The molecule has 2 rings (SSSR count). The van der Waals surface area contributed by atoms with E-state index >= 15 is 0 Å². The highest BCUT2D eigenvalue weighted by atomic mass is 19.1. The SMILES string of the molecule is COCc1nc(N)cc(Nc2ccc(F)cc2C)n1. The molecule has 6 heteroatoms. The summed E-state index contributed by atoms with van der Waals surface area (Å²) < 4.78 is 18.0. The maximum atomic E-state index is 13.0. The summed E-state index contributed by atoms with van der Waals surface area (Å²) in [6.45, 7) is 2.09. The van der Waals surface area contributed by atoms with Crippen molar-refractivity contribution in [3.05, 3.63) is 41.5 Å². The van der Waals surface area contributed by atoms with Gasteiger partial charge in [-0.1, -0.05) is 0 Å². The molecule has 1 aromatic carbocycles. The number of nitrogens with zero attached hydrogens (tertiary/aromatic N) is 2. The van der Waals surface area contributed by atoms with Gasteiger partial charge in [-0.05, 0) is 30.7 Å². The normalized spacial score (nSPS) is 10.5. The molecule has 2 aromatic rings. The number of aromatic nitrogens is 2. The van der Waals surface area contributed by atoms with Gasteiger partial charge in [-0.15, -0.1) is 0 Å². The zero-order valence-electron chi connectivity index (χ0n) is 10.8. The van der Waals surface area contributed by atoms with E-state index in [-0.39, 0.29) is 12.4 Å². The molecular formula is C13H15FN4O. The van der Waals surface area contributed by atoms with E-state index in [2.05, 4.69) is 15.3 Å². The Morgan fingerprint density at radius 3 is 2.79 bits per heavy atom. The quantitative estimate of drug-likeness (QED) is 0.885. The van der Waals surface area contributed by atoms with Crippen LogP contribution in [0.1, 0.15) is 11.4 Å². The van der Waals surface area contributed by atoms with Crippen LogP contribution in [0.4, 0.5) is 21.7 Å². The van der Waals surface area contributed by atoms with E-state index in [1.54, 1.807) is 19.2 Å². The van der Waals surface area contributed by atoms with Gasteiger partial charge in [0.15, 0.2) is 5.82 Å². The Hall–Kier alpha value is -2.21. The van der Waals surface area contributed by atoms with Gasteiger partial charge in [0.1, 0.15) is 24.1 Å². The Labute approximate surface area is 110 Å². The van der Waals surface area contributed by atoms with E-state index in [1.165, 1.54) is 12.1 Å². The first kappa shape index (κ1) is 13.2. The maximum Gasteiger partial charge on any atom is 0.158 e. The van der Waals surface area contributed by atoms with Crippen LogP contribution in [-0.4, -0.2) is 17.1 Å². The number of aryl methyl sites for hydroxylation is 1. The van der Waals surface area contributed by atoms with Crippen LogP contribution in [0.25, 0.3) is 0 Å². The summed E-state index contributed by atoms with van der Waals surface area (Å²) in [5, 5.41) is 3.09. The van der Waals surface area contributed by atoms with Crippen LogP contribution in [0.2, 0.25) is 0 Å². The van der Waals surface area contributed by atoms with E-state index in [0.29, 0.717) is 17.5 Å². The highest BCUT2D eigenvalue weighted by molar-refractivity contribution is 5.61. The van der Waals surface area contributed by atoms with Crippen LogP contribution < -0.4 is 11.1 Å². The second-order valence-corrected chi connectivity index (χ2v) is 4.11. The fourth-order valence-corrected chi connectivity index (χ4v) is 1.68. The van der Waals surface area contributed by atoms with Crippen LogP contribution in [0.3, 0.4) is 0 Å². The van der Waals surface area contributed by atoms with E-state index < -0.39 is 0 Å². The summed E-state index contributed by atoms with van der Waals surface area (Å²) in [6, 6.07) is 6.10. The predicted molar refractivity (Wildman–Crippen MR) is 71.6 cm³/mol. The number of halogens is 1. The molecule has 0 saturated carbocycles. The van der Waals surface area contributed by atoms with Gasteiger partial charge in [-0.2, -0.15) is 0 Å². The Morgan fingerprint density at radius 2 is 2.11 bits per heavy atom. The molecule has 3 N–H and O–H groups in total. The third-order valence-corrected chi connectivity index (χ3v) is 2.52. The number of rotatable bonds is 4. The number of anilines is 3. The number of methoxy groups -OCH3 is 1. The minimum Gasteiger partial charge on any atom is -0.384 e. The van der Waals surface area contributed by atoms with Crippen LogP contribution in [0.15, 0.2) is 24.3 Å². The minimum absolute atomic E-state index is 0.273. The van der Waals surface area contributed by atoms with Crippen molar-refractivity contribution in [1.82, 2.24) is 9.97 Å². The molecule has 5 nitrogen and oxygen atoms in total. The number of hydrogen-bond acceptors (Lipinski definition) is 5. The lowest BCUT2D eigenvalue weighted by Crippen LogP contribution is -2.05. The first-order valence-electron chi connectivity index (χ1n) is 5.74. The minimum atomic E-state index is -0.273. The highest BCUT2D eigenvalue weighted by Gasteiger charge is 2.05. The summed E-state index contributed by atoms with van der Waals surface area (Å²) in [5.41, 5.74) is 7.25. The molecule has 0 fully saturated rings. The first-order valence-corrected chi connectivity index (χ1v) is 5.74. The van der Waals surface area contributed by atoms with E-state index in [4.69, 9.17) is 10.5 Å². The second kappa shape index (κ2) is 5.62. The maximum absolute atomic E-state index is 13.0. The molecule has 1 heterocycles. The summed E-state index contributed by atoms with van der Waals surface area (Å²) in [5.74, 6) is 1.12. The van der Waals surface area contributed by atoms with Gasteiger partial charge in [-0.25, -0.2) is 14.4 Å². The van der Waals surface area contributed by atoms with Gasteiger partial charge in [0.25, 0.3) is 0 Å². The fourth-order valence-electron chi connectivity index (χ4n) is 1.68. The molecule has 100 valence electrons. The van der Waals surface area contributed by atoms with Crippen LogP contribution >= 0.6 is 0 Å². The zero-order valence-corrected chi connectivity index (χ0v) is 10.8. The topological polar surface area (TPSA) is 73.1 Å². The molecule has 0 saturated heterocycles. The lowest BCUT2D eigenvalue weighted by molar-refractivity contribution is 0.178. The van der Waals surface area contributed by atoms with Gasteiger partial charge in [0.2, 0.25) is 0 Å². The number of hydrogen-bond donors (Lipinski definition) is 2. The molecule has 0 aliphatic carbocycles. The van der Waals surface area contributed by atoms with Gasteiger partial charge in [-0.3, -0.25) is 0 Å². The van der Waals surface area contributed by atoms with Crippen molar-refractivity contribution in [3.63, 3.8) is 0 Å². The third-order valence-electron chi connectivity index (χ3n) is 2.52. The van der Waals surface area contributed by atoms with E-state index in [0.717, 1.165) is 11.3 Å². The number of nitrogens with two attached hydrogens (primary N) is 1. The summed E-state index contributed by atoms with van der Waals surface area (Å²) in [7, 11) is 1.56. The van der Waals surface area contributed by atoms with E-state index in [9.17, 15) is 4.39 Å². The molecule has 0 spiro atoms. The highest BCUT2D eigenvalue weighted by Crippen LogP contribution is 2.21. The second-order valence-electron chi connectivity index (χ2n) is 4.11. The van der Waals surface area contributed by atoms with Crippen molar-refractivity contribution in [2.24, 2.45) is 0 Å². The monoisotopic (exact) mass is 262 g/mol. The Bertz CT molecular complexity index is 589. The molecule has 19 heavy (non-hydrogen) atoms. The Morgan fingerprint density at radius 1 is 1.32 bits per heavy atom. The molecule has 1 aromatic heterocycles. The van der Waals surface area contributed by atoms with Gasteiger partial charge >= 0.3 is 0 Å². The van der Waals surface area contributed by atoms with Crippen LogP contribution in [0.5, 0.6) is 0 Å². The Balaban J connectivity index is 2.27. The summed E-state index contributed by atoms with van der Waals surface area (Å²) >= 11 is 0. The number of benzene rings is 1. The Kier molecular flexibility index (Phi) is 3.91. The first-order chi connectivity index (χ1) is 9.08. The van der Waals surface area contributed by atoms with Crippen molar-refractivity contribution in [2.75, 3.05) is 18.2 Å². The largest absolute Gasteiger partial charge is 0.384 e. The molecule has 0 bridgehead atoms. The molecule has 0 aliphatic heterocycles. The van der Waals surface area contributed by atoms with Crippen molar-refractivity contribution in [2.45, 2.75) is 13.5 Å². The average molecular weight is 262 g/mol. The smallest absolute Gasteiger partial charge is 0.158 e. The molecule has 0 atom stereocenters. The van der Waals surface area contributed by atoms with Crippen molar-refractivity contribution < 1.29 is 9.13 Å². The van der Waals surface area contributed by atoms with Crippen LogP contribution in [0, 0.1) is 12.7 Å². The van der Waals surface area contributed by atoms with Gasteiger partial charge < -0.3 is 15.8 Å². The van der Waals surface area contributed by atoms with Crippen molar-refractivity contribution >= 4 is 17.3 Å². The van der Waals surface area contributed by atoms with Crippen molar-refractivity contribution in [1.29, 1.82) is 0 Å². The fraction of sp³-hybridized carbons (Fsp3) is 0.231. The molecule has 0 radical (unpaired) electrons. The van der Waals surface area contributed by atoms with E-state index in [1.807, 2.05) is 6.92 Å². The molecular weight excluding hydrogens is 247 g/mol. The standard InChI is InChI=1S/C13H15FN4O/c1-8-5-9(14)3-4-10(8)16-12-6-11(15)17-13(18-12)7-19-2/h3-6H,7H2,1-2H3,(H3,15,16,17,18). The third kappa shape index (κ3) is 3.38. The number of ether oxygens (including phenoxy) is 1. The molecule has 0 unspecified atom stereocenters.